The molecule has 1 fully saturated rings. The van der Waals surface area contributed by atoms with Crippen molar-refractivity contribution in [2.75, 3.05) is 45.0 Å². The van der Waals surface area contributed by atoms with Crippen LogP contribution in [0.3, 0.4) is 0 Å². The lowest BCUT2D eigenvalue weighted by Gasteiger charge is -2.20. The Morgan fingerprint density at radius 2 is 1.88 bits per heavy atom. The fraction of sp³-hybridized carbons (Fsp3) is 0.344. The van der Waals surface area contributed by atoms with Crippen molar-refractivity contribution >= 4 is 41.1 Å². The van der Waals surface area contributed by atoms with Gasteiger partial charge in [-0.05, 0) is 43.3 Å². The van der Waals surface area contributed by atoms with Gasteiger partial charge in [-0.25, -0.2) is 9.78 Å². The maximum Gasteiger partial charge on any atom is 0.416 e. The standard InChI is InChI=1S/C32H37N11O7/c1-33-15-26(44)49-17-20-8-7-13-35-29(20)41(3)32(47)50-18-43-16-22(31(46)34-2)24(14-25(43)37-30(45)19-11-12-19)36-23-10-6-9-21(27(23)48-5)28-38-40-42(4)39-28/h6-10,13-14,16,19,33,36H,11-12,15,17-18H2,1-5H3,(H,34,46)/b37-25+. The summed E-state index contributed by atoms with van der Waals surface area (Å²) >= 11 is 0. The highest BCUT2D eigenvalue weighted by Gasteiger charge is 2.29. The average Bonchev–Trinajstić information content (AvgIpc) is 3.89. The number of carbonyl (C=O) groups is 4. The number of hydrogen-bond donors (Lipinski definition) is 3. The van der Waals surface area contributed by atoms with Crippen LogP contribution in [0.15, 0.2) is 53.8 Å². The molecule has 4 aromatic rings. The van der Waals surface area contributed by atoms with E-state index in [9.17, 15) is 19.2 Å². The van der Waals surface area contributed by atoms with E-state index in [-0.39, 0.29) is 41.8 Å². The van der Waals surface area contributed by atoms with Crippen LogP contribution in [0.4, 0.5) is 22.0 Å². The van der Waals surface area contributed by atoms with Crippen molar-refractivity contribution in [1.29, 1.82) is 0 Å². The topological polar surface area (TPSA) is 209 Å². The van der Waals surface area contributed by atoms with Gasteiger partial charge in [0.1, 0.15) is 17.9 Å². The van der Waals surface area contributed by atoms with Crippen LogP contribution in [0.2, 0.25) is 0 Å². The molecule has 262 valence electrons. The third-order valence-electron chi connectivity index (χ3n) is 7.50. The smallest absolute Gasteiger partial charge is 0.416 e. The number of rotatable bonds is 13. The number of para-hydroxylation sites is 1. The molecule has 3 heterocycles. The van der Waals surface area contributed by atoms with Crippen molar-refractivity contribution in [3.8, 4) is 17.1 Å². The minimum Gasteiger partial charge on any atom is -0.494 e. The second-order valence-electron chi connectivity index (χ2n) is 11.1. The molecule has 0 atom stereocenters. The van der Waals surface area contributed by atoms with Crippen molar-refractivity contribution < 1.29 is 33.4 Å². The second kappa shape index (κ2) is 15.8. The highest BCUT2D eigenvalue weighted by Crippen LogP contribution is 2.36. The summed E-state index contributed by atoms with van der Waals surface area (Å²) in [6, 6.07) is 10.1. The summed E-state index contributed by atoms with van der Waals surface area (Å²) in [7, 11) is 7.68. The van der Waals surface area contributed by atoms with Gasteiger partial charge in [-0.3, -0.25) is 23.9 Å². The lowest BCUT2D eigenvalue weighted by molar-refractivity contribution is -0.143. The van der Waals surface area contributed by atoms with E-state index < -0.39 is 24.7 Å². The van der Waals surface area contributed by atoms with E-state index in [4.69, 9.17) is 14.2 Å². The van der Waals surface area contributed by atoms with Gasteiger partial charge in [-0.2, -0.15) is 9.79 Å². The predicted octanol–water partition coefficient (Wildman–Crippen LogP) is 1.52. The summed E-state index contributed by atoms with van der Waals surface area (Å²) in [5.74, 6) is -0.549. The number of aryl methyl sites for hydroxylation is 1. The summed E-state index contributed by atoms with van der Waals surface area (Å²) < 4.78 is 18.0. The third-order valence-corrected chi connectivity index (χ3v) is 7.50. The molecular weight excluding hydrogens is 650 g/mol. The predicted molar refractivity (Wildman–Crippen MR) is 178 cm³/mol. The molecule has 18 nitrogen and oxygen atoms in total. The van der Waals surface area contributed by atoms with E-state index >= 15 is 0 Å². The molecule has 1 saturated carbocycles. The molecule has 0 radical (unpaired) electrons. The first-order chi connectivity index (χ1) is 24.1. The average molecular weight is 688 g/mol. The minimum absolute atomic E-state index is 0.0218. The first kappa shape index (κ1) is 35.1. The van der Waals surface area contributed by atoms with Crippen LogP contribution >= 0.6 is 0 Å². The summed E-state index contributed by atoms with van der Waals surface area (Å²) in [5.41, 5.74) is 2.07. The summed E-state index contributed by atoms with van der Waals surface area (Å²) in [5, 5.41) is 20.8. The molecule has 1 aliphatic rings. The summed E-state index contributed by atoms with van der Waals surface area (Å²) in [4.78, 5) is 62.4. The van der Waals surface area contributed by atoms with Crippen molar-refractivity contribution in [1.82, 2.24) is 40.4 Å². The van der Waals surface area contributed by atoms with Gasteiger partial charge in [-0.1, -0.05) is 12.1 Å². The van der Waals surface area contributed by atoms with Gasteiger partial charge in [0, 0.05) is 44.0 Å². The Hall–Kier alpha value is -6.17. The van der Waals surface area contributed by atoms with E-state index in [2.05, 4.69) is 41.3 Å². The molecule has 1 aromatic carbocycles. The lowest BCUT2D eigenvalue weighted by Crippen LogP contribution is -2.33. The first-order valence-electron chi connectivity index (χ1n) is 15.5. The monoisotopic (exact) mass is 687 g/mol. The number of methoxy groups -OCH3 is 1. The maximum absolute atomic E-state index is 13.3. The van der Waals surface area contributed by atoms with Gasteiger partial charge in [-0.15, -0.1) is 10.2 Å². The Balaban J connectivity index is 1.46. The maximum atomic E-state index is 13.3. The van der Waals surface area contributed by atoms with Gasteiger partial charge in [0.25, 0.3) is 11.8 Å². The molecule has 50 heavy (non-hydrogen) atoms. The molecule has 3 amide bonds. The molecular formula is C32H37N11O7. The molecule has 0 spiro atoms. The van der Waals surface area contributed by atoms with Crippen LogP contribution in [0, 0.1) is 5.92 Å². The van der Waals surface area contributed by atoms with Crippen molar-refractivity contribution in [2.24, 2.45) is 18.0 Å². The number of nitrogens with one attached hydrogen (secondary N) is 3. The van der Waals surface area contributed by atoms with Crippen LogP contribution in [-0.2, 0) is 39.4 Å². The van der Waals surface area contributed by atoms with Gasteiger partial charge >= 0.3 is 12.1 Å². The normalized spacial score (nSPS) is 12.6. The zero-order valence-corrected chi connectivity index (χ0v) is 28.2. The van der Waals surface area contributed by atoms with E-state index in [1.165, 1.54) is 49.0 Å². The largest absolute Gasteiger partial charge is 0.494 e. The fourth-order valence-corrected chi connectivity index (χ4v) is 4.81. The zero-order valence-electron chi connectivity index (χ0n) is 28.2. The van der Waals surface area contributed by atoms with Gasteiger partial charge in [0.15, 0.2) is 12.5 Å². The number of carbonyl (C=O) groups excluding carboxylic acids is 4. The van der Waals surface area contributed by atoms with E-state index in [1.807, 2.05) is 0 Å². The lowest BCUT2D eigenvalue weighted by atomic mass is 10.1. The van der Waals surface area contributed by atoms with Crippen molar-refractivity contribution in [3.05, 3.63) is 65.4 Å². The van der Waals surface area contributed by atoms with Crippen molar-refractivity contribution in [3.63, 3.8) is 0 Å². The molecule has 5 rings (SSSR count). The van der Waals surface area contributed by atoms with Crippen LogP contribution in [0.1, 0.15) is 28.8 Å². The summed E-state index contributed by atoms with van der Waals surface area (Å²) in [6.07, 6.45) is 3.56. The Kier molecular flexibility index (Phi) is 11.1. The molecule has 0 bridgehead atoms. The van der Waals surface area contributed by atoms with Crippen LogP contribution < -0.4 is 31.1 Å². The number of pyridine rings is 2. The Bertz CT molecular complexity index is 1970. The Labute approximate surface area is 286 Å². The number of amides is 3. The zero-order chi connectivity index (χ0) is 35.8. The van der Waals surface area contributed by atoms with E-state index in [1.54, 1.807) is 44.4 Å². The van der Waals surface area contributed by atoms with E-state index in [0.717, 1.165) is 17.7 Å². The molecule has 0 saturated heterocycles. The first-order valence-corrected chi connectivity index (χ1v) is 15.5. The number of hydrogen-bond acceptors (Lipinski definition) is 13. The Morgan fingerprint density at radius 3 is 2.56 bits per heavy atom. The number of anilines is 3. The number of tetrazole rings is 1. The molecule has 18 heteroatoms. The highest BCUT2D eigenvalue weighted by atomic mass is 16.6. The molecule has 0 unspecified atom stereocenters. The number of likely N-dealkylation sites (N-methyl/N-ethyl adjacent to an activating group) is 1. The van der Waals surface area contributed by atoms with Gasteiger partial charge < -0.3 is 30.2 Å². The van der Waals surface area contributed by atoms with E-state index in [0.29, 0.717) is 34.1 Å². The molecule has 3 aromatic heterocycles. The third kappa shape index (κ3) is 8.27. The number of nitrogens with zero attached hydrogens (tertiary/aromatic N) is 8. The molecule has 1 aliphatic carbocycles. The number of benzene rings is 1. The second-order valence-corrected chi connectivity index (χ2v) is 11.1. The minimum atomic E-state index is -0.804. The number of esters is 1. The van der Waals surface area contributed by atoms with Gasteiger partial charge in [0.2, 0.25) is 5.82 Å². The van der Waals surface area contributed by atoms with Crippen molar-refractivity contribution in [2.45, 2.75) is 26.2 Å². The molecule has 0 aliphatic heterocycles. The molecule has 3 N–H and O–H groups in total. The summed E-state index contributed by atoms with van der Waals surface area (Å²) in [6.45, 7) is -0.510. The highest BCUT2D eigenvalue weighted by molar-refractivity contribution is 6.00. The SMILES string of the molecule is CNCC(=O)OCc1cccnc1N(C)C(=O)OCn1cc(C(=O)NC)c(Nc2cccc(-c3nnn(C)n3)c2OC)c/c1=N\C(=O)C1CC1. The number of ether oxygens (including phenoxy) is 3. The van der Waals surface area contributed by atoms with Gasteiger partial charge in [0.05, 0.1) is 43.2 Å². The Morgan fingerprint density at radius 1 is 1.08 bits per heavy atom. The number of aromatic nitrogens is 6. The fourth-order valence-electron chi connectivity index (χ4n) is 4.81. The van der Waals surface area contributed by atoms with Crippen LogP contribution in [0.25, 0.3) is 11.4 Å². The van der Waals surface area contributed by atoms with Crippen LogP contribution in [0.5, 0.6) is 5.75 Å². The van der Waals surface area contributed by atoms with Crippen LogP contribution in [-0.4, -0.2) is 88.4 Å². The quantitative estimate of drug-likeness (QED) is 0.171.